The van der Waals surface area contributed by atoms with E-state index in [-0.39, 0.29) is 0 Å². The molecular weight excluding hydrogens is 391 g/mol. The summed E-state index contributed by atoms with van der Waals surface area (Å²) in [6.45, 7) is 3.48. The summed E-state index contributed by atoms with van der Waals surface area (Å²) in [5, 5.41) is 3.66. The average Bonchev–Trinajstić information content (AvgIpc) is 2.29. The van der Waals surface area contributed by atoms with Crippen molar-refractivity contribution in [2.75, 3.05) is 18.9 Å². The number of likely N-dealkylation sites (tertiary alicyclic amines) is 1. The number of hydrogen-bond donors (Lipinski definition) is 1. The van der Waals surface area contributed by atoms with Crippen LogP contribution in [0.25, 0.3) is 0 Å². The van der Waals surface area contributed by atoms with E-state index in [1.165, 1.54) is 28.6 Å². The molecule has 0 radical (unpaired) electrons. The van der Waals surface area contributed by atoms with Gasteiger partial charge in [0.05, 0.1) is 0 Å². The Morgan fingerprint density at radius 2 is 2.24 bits per heavy atom. The van der Waals surface area contributed by atoms with E-state index in [0.717, 1.165) is 4.47 Å². The second kappa shape index (κ2) is 5.89. The fraction of sp³-hybridized carbons (Fsp3) is 0.538. The first-order valence-corrected chi connectivity index (χ1v) is 7.85. The maximum absolute atomic E-state index is 3.66. The predicted molar refractivity (Wildman–Crippen MR) is 85.6 cm³/mol. The molecule has 1 aromatic carbocycles. The van der Waals surface area contributed by atoms with E-state index in [1.807, 2.05) is 0 Å². The van der Waals surface area contributed by atoms with Crippen LogP contribution in [0.1, 0.15) is 19.8 Å². The molecule has 0 saturated carbocycles. The minimum absolute atomic E-state index is 0.593. The van der Waals surface area contributed by atoms with Gasteiger partial charge in [-0.15, -0.1) is 0 Å². The number of halogens is 2. The molecule has 2 rings (SSSR count). The third-order valence-electron chi connectivity index (χ3n) is 3.50. The number of nitrogens with zero attached hydrogens (tertiary/aromatic N) is 1. The minimum atomic E-state index is 0.593. The molecule has 1 saturated heterocycles. The van der Waals surface area contributed by atoms with Crippen LogP contribution in [0.2, 0.25) is 0 Å². The van der Waals surface area contributed by atoms with Crippen molar-refractivity contribution in [3.63, 3.8) is 0 Å². The maximum Gasteiger partial charge on any atom is 0.0497 e. The highest BCUT2D eigenvalue weighted by Gasteiger charge is 2.22. The Labute approximate surface area is 125 Å². The lowest BCUT2D eigenvalue weighted by Crippen LogP contribution is -2.42. The Kier molecular flexibility index (Phi) is 4.72. The van der Waals surface area contributed by atoms with E-state index in [9.17, 15) is 0 Å². The number of nitrogens with one attached hydrogen (secondary N) is 1. The van der Waals surface area contributed by atoms with Gasteiger partial charge >= 0.3 is 0 Å². The summed E-state index contributed by atoms with van der Waals surface area (Å²) < 4.78 is 2.43. The highest BCUT2D eigenvalue weighted by atomic mass is 127. The molecule has 0 aliphatic carbocycles. The van der Waals surface area contributed by atoms with Crippen LogP contribution in [-0.2, 0) is 0 Å². The molecule has 0 aromatic heterocycles. The quantitative estimate of drug-likeness (QED) is 0.745. The van der Waals surface area contributed by atoms with Gasteiger partial charge in [0.25, 0.3) is 0 Å². The van der Waals surface area contributed by atoms with Crippen LogP contribution in [0.15, 0.2) is 22.7 Å². The second-order valence-electron chi connectivity index (χ2n) is 4.82. The van der Waals surface area contributed by atoms with Gasteiger partial charge in [0.2, 0.25) is 0 Å². The first-order chi connectivity index (χ1) is 8.06. The van der Waals surface area contributed by atoms with Gasteiger partial charge in [-0.25, -0.2) is 0 Å². The van der Waals surface area contributed by atoms with Crippen molar-refractivity contribution < 1.29 is 0 Å². The fourth-order valence-electron chi connectivity index (χ4n) is 2.25. The van der Waals surface area contributed by atoms with Crippen LogP contribution in [0.3, 0.4) is 0 Å². The zero-order valence-electron chi connectivity index (χ0n) is 10.2. The third kappa shape index (κ3) is 3.58. The summed E-state index contributed by atoms with van der Waals surface area (Å²) in [6, 6.07) is 7.70. The number of rotatable bonds is 2. The minimum Gasteiger partial charge on any atom is -0.381 e. The van der Waals surface area contributed by atoms with Crippen molar-refractivity contribution in [1.29, 1.82) is 0 Å². The topological polar surface area (TPSA) is 15.3 Å². The molecule has 1 aliphatic rings. The monoisotopic (exact) mass is 408 g/mol. The second-order valence-corrected chi connectivity index (χ2v) is 6.92. The lowest BCUT2D eigenvalue weighted by atomic mass is 9.99. The molecule has 1 N–H and O–H groups in total. The molecule has 0 amide bonds. The summed E-state index contributed by atoms with van der Waals surface area (Å²) in [7, 11) is 2.21. The Bertz CT molecular complexity index is 397. The molecular formula is C13H18BrIN2. The van der Waals surface area contributed by atoms with Gasteiger partial charge in [0.1, 0.15) is 0 Å². The summed E-state index contributed by atoms with van der Waals surface area (Å²) in [5.74, 6) is 0. The van der Waals surface area contributed by atoms with Crippen molar-refractivity contribution in [3.8, 4) is 0 Å². The number of piperidine rings is 1. The summed E-state index contributed by atoms with van der Waals surface area (Å²) in [5.41, 5.74) is 1.22. The highest BCUT2D eigenvalue weighted by Crippen LogP contribution is 2.27. The van der Waals surface area contributed by atoms with Gasteiger partial charge in [-0.1, -0.05) is 0 Å². The Balaban J connectivity index is 2.03. The normalized spacial score (nSPS) is 25.9. The van der Waals surface area contributed by atoms with Crippen LogP contribution in [0.5, 0.6) is 0 Å². The first kappa shape index (κ1) is 13.6. The molecule has 2 unspecified atom stereocenters. The van der Waals surface area contributed by atoms with Gasteiger partial charge < -0.3 is 10.2 Å². The predicted octanol–water partition coefficient (Wildman–Crippen LogP) is 3.95. The lowest BCUT2D eigenvalue weighted by molar-refractivity contribution is 0.190. The molecule has 1 aliphatic heterocycles. The van der Waals surface area contributed by atoms with Crippen molar-refractivity contribution in [1.82, 2.24) is 4.90 Å². The zero-order chi connectivity index (χ0) is 12.4. The van der Waals surface area contributed by atoms with Gasteiger partial charge in [0, 0.05) is 32.4 Å². The molecule has 2 nitrogen and oxygen atoms in total. The standard InChI is InChI=1S/C13H18BrIN2/c1-9-7-11(5-6-17(9)2)16-13-8-10(15)3-4-12(13)14/h3-4,8-9,11,16H,5-7H2,1-2H3. The number of anilines is 1. The fourth-order valence-corrected chi connectivity index (χ4v) is 3.10. The van der Waals surface area contributed by atoms with Crippen molar-refractivity contribution >= 4 is 44.2 Å². The smallest absolute Gasteiger partial charge is 0.0497 e. The molecule has 1 aromatic rings. The summed E-state index contributed by atoms with van der Waals surface area (Å²) >= 11 is 5.96. The van der Waals surface area contributed by atoms with E-state index < -0.39 is 0 Å². The van der Waals surface area contributed by atoms with Crippen LogP contribution in [0.4, 0.5) is 5.69 Å². The van der Waals surface area contributed by atoms with Crippen LogP contribution in [-0.4, -0.2) is 30.6 Å². The van der Waals surface area contributed by atoms with E-state index in [2.05, 4.69) is 80.9 Å². The molecule has 1 heterocycles. The van der Waals surface area contributed by atoms with Crippen molar-refractivity contribution in [2.45, 2.75) is 31.8 Å². The molecule has 0 spiro atoms. The molecule has 17 heavy (non-hydrogen) atoms. The Morgan fingerprint density at radius 3 is 2.94 bits per heavy atom. The van der Waals surface area contributed by atoms with E-state index >= 15 is 0 Å². The first-order valence-electron chi connectivity index (χ1n) is 5.98. The van der Waals surface area contributed by atoms with Crippen LogP contribution < -0.4 is 5.32 Å². The maximum atomic E-state index is 3.66. The molecule has 4 heteroatoms. The lowest BCUT2D eigenvalue weighted by Gasteiger charge is -2.36. The SMILES string of the molecule is CC1CC(Nc2cc(I)ccc2Br)CCN1C. The third-order valence-corrected chi connectivity index (χ3v) is 4.86. The highest BCUT2D eigenvalue weighted by molar-refractivity contribution is 14.1. The van der Waals surface area contributed by atoms with Gasteiger partial charge in [0.15, 0.2) is 0 Å². The van der Waals surface area contributed by atoms with E-state index in [0.29, 0.717) is 12.1 Å². The zero-order valence-corrected chi connectivity index (χ0v) is 14.0. The molecule has 94 valence electrons. The largest absolute Gasteiger partial charge is 0.381 e. The number of benzene rings is 1. The van der Waals surface area contributed by atoms with Gasteiger partial charge in [-0.05, 0) is 83.5 Å². The summed E-state index contributed by atoms with van der Waals surface area (Å²) in [4.78, 5) is 2.43. The van der Waals surface area contributed by atoms with Crippen LogP contribution in [0, 0.1) is 3.57 Å². The average molecular weight is 409 g/mol. The molecule has 1 fully saturated rings. The molecule has 2 atom stereocenters. The van der Waals surface area contributed by atoms with E-state index in [4.69, 9.17) is 0 Å². The Hall–Kier alpha value is 0.190. The summed E-state index contributed by atoms with van der Waals surface area (Å²) in [6.07, 6.45) is 2.44. The number of hydrogen-bond acceptors (Lipinski definition) is 2. The van der Waals surface area contributed by atoms with E-state index in [1.54, 1.807) is 0 Å². The van der Waals surface area contributed by atoms with Gasteiger partial charge in [-0.2, -0.15) is 0 Å². The molecule has 0 bridgehead atoms. The van der Waals surface area contributed by atoms with Gasteiger partial charge in [-0.3, -0.25) is 0 Å². The van der Waals surface area contributed by atoms with Crippen molar-refractivity contribution in [2.24, 2.45) is 0 Å². The Morgan fingerprint density at radius 1 is 1.47 bits per heavy atom. The van der Waals surface area contributed by atoms with Crippen LogP contribution >= 0.6 is 38.5 Å². The van der Waals surface area contributed by atoms with Crippen molar-refractivity contribution in [3.05, 3.63) is 26.2 Å².